The maximum Gasteiger partial charge on any atom is 0.416 e. The van der Waals surface area contributed by atoms with E-state index in [1.807, 2.05) is 46.0 Å². The van der Waals surface area contributed by atoms with E-state index in [-0.39, 0.29) is 12.1 Å². The second-order valence-electron chi connectivity index (χ2n) is 7.40. The van der Waals surface area contributed by atoms with Crippen LogP contribution in [0.4, 0.5) is 13.2 Å². The van der Waals surface area contributed by atoms with Crippen LogP contribution in [0.1, 0.15) is 43.4 Å². The summed E-state index contributed by atoms with van der Waals surface area (Å²) < 4.78 is 51.2. The Balaban J connectivity index is 1.91. The van der Waals surface area contributed by atoms with Crippen molar-refractivity contribution in [1.29, 1.82) is 0 Å². The second-order valence-corrected chi connectivity index (χ2v) is 7.40. The van der Waals surface area contributed by atoms with Gasteiger partial charge in [-0.1, -0.05) is 24.3 Å². The molecule has 27 heavy (non-hydrogen) atoms. The first-order chi connectivity index (χ1) is 12.6. The minimum Gasteiger partial charge on any atom is -0.487 e. The van der Waals surface area contributed by atoms with E-state index in [2.05, 4.69) is 5.32 Å². The van der Waals surface area contributed by atoms with Crippen molar-refractivity contribution in [3.63, 3.8) is 0 Å². The average Bonchev–Trinajstić information content (AvgIpc) is 2.59. The zero-order chi connectivity index (χ0) is 19.8. The Bertz CT molecular complexity index is 817. The molecule has 2 unspecified atom stereocenters. The first-order valence-corrected chi connectivity index (χ1v) is 8.93. The summed E-state index contributed by atoms with van der Waals surface area (Å²) in [5.41, 5.74) is 0.307. The van der Waals surface area contributed by atoms with Gasteiger partial charge in [-0.2, -0.15) is 13.2 Å². The molecule has 1 aliphatic rings. The van der Waals surface area contributed by atoms with E-state index in [1.54, 1.807) is 6.07 Å². The van der Waals surface area contributed by atoms with Gasteiger partial charge in [0, 0.05) is 12.0 Å². The molecule has 0 saturated heterocycles. The smallest absolute Gasteiger partial charge is 0.416 e. The highest BCUT2D eigenvalue weighted by Gasteiger charge is 2.39. The Labute approximate surface area is 157 Å². The maximum absolute atomic E-state index is 13.1. The lowest BCUT2D eigenvalue weighted by Gasteiger charge is -2.40. The zero-order valence-corrected chi connectivity index (χ0v) is 15.9. The highest BCUT2D eigenvalue weighted by atomic mass is 19.4. The molecule has 0 aromatic heterocycles. The largest absolute Gasteiger partial charge is 0.487 e. The highest BCUT2D eigenvalue weighted by Crippen LogP contribution is 2.44. The second kappa shape index (κ2) is 7.08. The number of hydrogen-bond acceptors (Lipinski definition) is 3. The molecule has 0 fully saturated rings. The van der Waals surface area contributed by atoms with Gasteiger partial charge in [0.2, 0.25) is 0 Å². The molecule has 0 spiro atoms. The van der Waals surface area contributed by atoms with Gasteiger partial charge in [0.05, 0.1) is 5.56 Å². The van der Waals surface area contributed by atoms with E-state index < -0.39 is 17.3 Å². The molecule has 1 heterocycles. The quantitative estimate of drug-likeness (QED) is 0.746. The van der Waals surface area contributed by atoms with Gasteiger partial charge in [0.15, 0.2) is 0 Å². The molecular formula is C21H24F3NO2. The third-order valence-electron chi connectivity index (χ3n) is 5.01. The Morgan fingerprint density at radius 1 is 1.19 bits per heavy atom. The van der Waals surface area contributed by atoms with Gasteiger partial charge >= 0.3 is 6.18 Å². The highest BCUT2D eigenvalue weighted by molar-refractivity contribution is 5.45. The SMILES string of the molecule is CNC(C)Oc1ccc2c(c1)OC(C)(C)C(c1cccc(C(F)(F)F)c1)C2. The molecule has 0 radical (unpaired) electrons. The van der Waals surface area contributed by atoms with Crippen molar-refractivity contribution in [2.75, 3.05) is 7.05 Å². The summed E-state index contributed by atoms with van der Waals surface area (Å²) in [6.45, 7) is 5.71. The zero-order valence-electron chi connectivity index (χ0n) is 15.9. The Morgan fingerprint density at radius 2 is 1.93 bits per heavy atom. The van der Waals surface area contributed by atoms with Crippen LogP contribution in [0.5, 0.6) is 11.5 Å². The number of alkyl halides is 3. The summed E-state index contributed by atoms with van der Waals surface area (Å²) in [6.07, 6.45) is -3.90. The molecule has 2 atom stereocenters. The number of ether oxygens (including phenoxy) is 2. The van der Waals surface area contributed by atoms with Crippen LogP contribution in [0.15, 0.2) is 42.5 Å². The van der Waals surface area contributed by atoms with Gasteiger partial charge in [-0.05, 0) is 57.5 Å². The van der Waals surface area contributed by atoms with E-state index in [0.717, 1.165) is 11.6 Å². The fourth-order valence-electron chi connectivity index (χ4n) is 3.41. The van der Waals surface area contributed by atoms with Gasteiger partial charge in [-0.25, -0.2) is 0 Å². The van der Waals surface area contributed by atoms with Gasteiger partial charge in [0.1, 0.15) is 23.3 Å². The van der Waals surface area contributed by atoms with Crippen molar-refractivity contribution in [2.45, 2.75) is 51.1 Å². The first kappa shape index (κ1) is 19.5. The summed E-state index contributed by atoms with van der Waals surface area (Å²) >= 11 is 0. The summed E-state index contributed by atoms with van der Waals surface area (Å²) in [5, 5.41) is 3.00. The molecule has 0 saturated carbocycles. The molecule has 3 nitrogen and oxygen atoms in total. The van der Waals surface area contributed by atoms with Crippen LogP contribution in [-0.4, -0.2) is 18.9 Å². The summed E-state index contributed by atoms with van der Waals surface area (Å²) in [7, 11) is 1.81. The minimum absolute atomic E-state index is 0.141. The molecule has 2 aromatic rings. The van der Waals surface area contributed by atoms with Crippen LogP contribution in [0.3, 0.4) is 0 Å². The fourth-order valence-corrected chi connectivity index (χ4v) is 3.41. The maximum atomic E-state index is 13.1. The van der Waals surface area contributed by atoms with Gasteiger partial charge in [0.25, 0.3) is 0 Å². The molecule has 6 heteroatoms. The predicted octanol–water partition coefficient (Wildman–Crippen LogP) is 5.15. The van der Waals surface area contributed by atoms with Crippen LogP contribution in [-0.2, 0) is 12.6 Å². The van der Waals surface area contributed by atoms with Crippen LogP contribution >= 0.6 is 0 Å². The molecule has 146 valence electrons. The van der Waals surface area contributed by atoms with Gasteiger partial charge in [-0.15, -0.1) is 0 Å². The van der Waals surface area contributed by atoms with Crippen molar-refractivity contribution in [2.24, 2.45) is 0 Å². The van der Waals surface area contributed by atoms with Gasteiger partial charge < -0.3 is 9.47 Å². The molecule has 2 aromatic carbocycles. The van der Waals surface area contributed by atoms with E-state index >= 15 is 0 Å². The number of hydrogen-bond donors (Lipinski definition) is 1. The molecule has 0 aliphatic carbocycles. The predicted molar refractivity (Wildman–Crippen MR) is 98.2 cm³/mol. The lowest BCUT2D eigenvalue weighted by Crippen LogP contribution is -2.40. The lowest BCUT2D eigenvalue weighted by atomic mass is 9.77. The van der Waals surface area contributed by atoms with Crippen molar-refractivity contribution in [3.05, 3.63) is 59.2 Å². The summed E-state index contributed by atoms with van der Waals surface area (Å²) in [4.78, 5) is 0. The van der Waals surface area contributed by atoms with Crippen molar-refractivity contribution < 1.29 is 22.6 Å². The average molecular weight is 379 g/mol. The van der Waals surface area contributed by atoms with E-state index in [9.17, 15) is 13.2 Å². The van der Waals surface area contributed by atoms with Crippen LogP contribution < -0.4 is 14.8 Å². The minimum atomic E-state index is -4.36. The Hall–Kier alpha value is -2.21. The monoisotopic (exact) mass is 379 g/mol. The van der Waals surface area contributed by atoms with Crippen LogP contribution in [0, 0.1) is 0 Å². The van der Waals surface area contributed by atoms with Crippen molar-refractivity contribution >= 4 is 0 Å². The number of benzene rings is 2. The number of rotatable bonds is 4. The number of nitrogens with one attached hydrogen (secondary N) is 1. The number of halogens is 3. The Morgan fingerprint density at radius 3 is 2.59 bits per heavy atom. The van der Waals surface area contributed by atoms with E-state index in [0.29, 0.717) is 23.5 Å². The topological polar surface area (TPSA) is 30.5 Å². The first-order valence-electron chi connectivity index (χ1n) is 8.93. The molecular weight excluding hydrogens is 355 g/mol. The standard InChI is InChI=1S/C21H24F3NO2/c1-13(25-4)26-17-9-8-15-11-18(20(2,3)27-19(15)12-17)14-6-5-7-16(10-14)21(22,23)24/h5-10,12-13,18,25H,11H2,1-4H3. The normalized spacial score (nSPS) is 19.7. The number of fused-ring (bicyclic) bond motifs is 1. The van der Waals surface area contributed by atoms with Gasteiger partial charge in [-0.3, -0.25) is 5.32 Å². The molecule has 3 rings (SSSR count). The van der Waals surface area contributed by atoms with E-state index in [4.69, 9.17) is 9.47 Å². The van der Waals surface area contributed by atoms with Crippen LogP contribution in [0.25, 0.3) is 0 Å². The fraction of sp³-hybridized carbons (Fsp3) is 0.429. The van der Waals surface area contributed by atoms with Crippen molar-refractivity contribution in [1.82, 2.24) is 5.32 Å². The van der Waals surface area contributed by atoms with Crippen LogP contribution in [0.2, 0.25) is 0 Å². The van der Waals surface area contributed by atoms with E-state index in [1.165, 1.54) is 12.1 Å². The molecule has 0 amide bonds. The summed E-state index contributed by atoms with van der Waals surface area (Å²) in [5.74, 6) is 1.21. The lowest BCUT2D eigenvalue weighted by molar-refractivity contribution is -0.137. The Kier molecular flexibility index (Phi) is 5.12. The van der Waals surface area contributed by atoms with Crippen molar-refractivity contribution in [3.8, 4) is 11.5 Å². The molecule has 1 aliphatic heterocycles. The summed E-state index contributed by atoms with van der Waals surface area (Å²) in [6, 6.07) is 11.1. The third-order valence-corrected chi connectivity index (χ3v) is 5.01. The molecule has 0 bridgehead atoms. The molecule has 1 N–H and O–H groups in total. The third kappa shape index (κ3) is 4.21.